The number of carbonyl (C=O) groups excluding carboxylic acids is 1. The first kappa shape index (κ1) is 15.8. The van der Waals surface area contributed by atoms with E-state index in [0.717, 1.165) is 11.4 Å². The number of methoxy groups -OCH3 is 1. The minimum Gasteiger partial charge on any atom is -0.497 e. The summed E-state index contributed by atoms with van der Waals surface area (Å²) in [5, 5.41) is 6.07. The Morgan fingerprint density at radius 2 is 1.79 bits per heavy atom. The number of terminal acetylenes is 1. The Morgan fingerprint density at radius 1 is 1.08 bits per heavy atom. The molecule has 1 amide bonds. The van der Waals surface area contributed by atoms with E-state index < -0.39 is 12.1 Å². The molecule has 3 rings (SSSR count). The molecule has 0 spiro atoms. The van der Waals surface area contributed by atoms with Crippen molar-refractivity contribution >= 4 is 11.6 Å². The predicted molar refractivity (Wildman–Crippen MR) is 92.0 cm³/mol. The van der Waals surface area contributed by atoms with Gasteiger partial charge in [-0.25, -0.2) is 0 Å². The number of amides is 1. The molecule has 5 heteroatoms. The third kappa shape index (κ3) is 3.28. The van der Waals surface area contributed by atoms with E-state index in [9.17, 15) is 4.79 Å². The standard InChI is InChI=1S/C19H18N2O3/c1-3-16-17(20-13-9-11-14(23-2)12-10-13)18(19(22)21-16)24-15-7-5-4-6-8-15/h1,4-12,16-18,20H,2H3,(H,21,22)/t16-,17-,18+/m0/s1. The number of rotatable bonds is 5. The number of hydrogen-bond donors (Lipinski definition) is 2. The Morgan fingerprint density at radius 3 is 2.42 bits per heavy atom. The van der Waals surface area contributed by atoms with Gasteiger partial charge in [0.2, 0.25) is 0 Å². The number of ether oxygens (including phenoxy) is 2. The van der Waals surface area contributed by atoms with Gasteiger partial charge in [0.25, 0.3) is 5.91 Å². The zero-order valence-electron chi connectivity index (χ0n) is 13.2. The minimum atomic E-state index is -0.712. The summed E-state index contributed by atoms with van der Waals surface area (Å²) in [7, 11) is 1.61. The van der Waals surface area contributed by atoms with Gasteiger partial charge in [0.1, 0.15) is 23.6 Å². The molecule has 1 aliphatic rings. The van der Waals surface area contributed by atoms with Crippen molar-refractivity contribution in [3.8, 4) is 23.8 Å². The van der Waals surface area contributed by atoms with Crippen molar-refractivity contribution in [3.05, 3.63) is 54.6 Å². The summed E-state index contributed by atoms with van der Waals surface area (Å²) in [5.41, 5.74) is 0.833. The normalized spacial score (nSPS) is 22.3. The molecule has 2 aromatic rings. The number of benzene rings is 2. The third-order valence-corrected chi connectivity index (χ3v) is 3.85. The lowest BCUT2D eigenvalue weighted by Crippen LogP contribution is -2.42. The molecule has 3 atom stereocenters. The van der Waals surface area contributed by atoms with Crippen molar-refractivity contribution in [2.24, 2.45) is 0 Å². The monoisotopic (exact) mass is 322 g/mol. The first-order chi connectivity index (χ1) is 11.7. The molecule has 5 nitrogen and oxygen atoms in total. The van der Waals surface area contributed by atoms with Crippen LogP contribution in [0.1, 0.15) is 0 Å². The Balaban J connectivity index is 1.80. The van der Waals surface area contributed by atoms with Crippen LogP contribution in [0.2, 0.25) is 0 Å². The van der Waals surface area contributed by atoms with Gasteiger partial charge in [-0.1, -0.05) is 24.1 Å². The van der Waals surface area contributed by atoms with E-state index in [1.165, 1.54) is 0 Å². The summed E-state index contributed by atoms with van der Waals surface area (Å²) in [5.74, 6) is 3.75. The average Bonchev–Trinajstić information content (AvgIpc) is 2.92. The van der Waals surface area contributed by atoms with Crippen LogP contribution >= 0.6 is 0 Å². The third-order valence-electron chi connectivity index (χ3n) is 3.85. The van der Waals surface area contributed by atoms with Gasteiger partial charge in [-0.15, -0.1) is 6.42 Å². The molecule has 0 radical (unpaired) electrons. The van der Waals surface area contributed by atoms with Gasteiger partial charge in [-0.05, 0) is 36.4 Å². The average molecular weight is 322 g/mol. The lowest BCUT2D eigenvalue weighted by molar-refractivity contribution is -0.125. The maximum Gasteiger partial charge on any atom is 0.264 e. The summed E-state index contributed by atoms with van der Waals surface area (Å²) in [6, 6.07) is 15.8. The number of nitrogens with one attached hydrogen (secondary N) is 2. The molecule has 0 saturated carbocycles. The van der Waals surface area contributed by atoms with Gasteiger partial charge in [-0.3, -0.25) is 4.79 Å². The quantitative estimate of drug-likeness (QED) is 0.827. The number of carbonyl (C=O) groups is 1. The van der Waals surface area contributed by atoms with Crippen LogP contribution in [0.15, 0.2) is 54.6 Å². The first-order valence-electron chi connectivity index (χ1n) is 7.60. The van der Waals surface area contributed by atoms with Crippen LogP contribution in [0.5, 0.6) is 11.5 Å². The second-order valence-electron chi connectivity index (χ2n) is 5.40. The highest BCUT2D eigenvalue weighted by Gasteiger charge is 2.43. The molecule has 1 saturated heterocycles. The highest BCUT2D eigenvalue weighted by atomic mass is 16.5. The van der Waals surface area contributed by atoms with Gasteiger partial charge < -0.3 is 20.1 Å². The van der Waals surface area contributed by atoms with Gasteiger partial charge in [-0.2, -0.15) is 0 Å². The van der Waals surface area contributed by atoms with Crippen LogP contribution < -0.4 is 20.1 Å². The fourth-order valence-corrected chi connectivity index (χ4v) is 2.62. The molecule has 0 bridgehead atoms. The maximum atomic E-state index is 12.3. The Kier molecular flexibility index (Phi) is 4.57. The summed E-state index contributed by atoms with van der Waals surface area (Å²) in [6.07, 6.45) is 4.85. The Hall–Kier alpha value is -3.13. The van der Waals surface area contributed by atoms with E-state index in [1.807, 2.05) is 42.5 Å². The zero-order chi connectivity index (χ0) is 16.9. The van der Waals surface area contributed by atoms with E-state index in [4.69, 9.17) is 15.9 Å². The molecule has 0 aromatic heterocycles. The molecule has 2 N–H and O–H groups in total. The largest absolute Gasteiger partial charge is 0.497 e. The fraction of sp³-hybridized carbons (Fsp3) is 0.211. The molecular weight excluding hydrogens is 304 g/mol. The number of para-hydroxylation sites is 1. The van der Waals surface area contributed by atoms with Gasteiger partial charge in [0, 0.05) is 5.69 Å². The van der Waals surface area contributed by atoms with Crippen molar-refractivity contribution < 1.29 is 14.3 Å². The molecule has 0 unspecified atom stereocenters. The van der Waals surface area contributed by atoms with Gasteiger partial charge in [0.05, 0.1) is 7.11 Å². The van der Waals surface area contributed by atoms with Crippen LogP contribution in [0.4, 0.5) is 5.69 Å². The second kappa shape index (κ2) is 6.97. The van der Waals surface area contributed by atoms with Gasteiger partial charge >= 0.3 is 0 Å². The summed E-state index contributed by atoms with van der Waals surface area (Å²) in [4.78, 5) is 12.3. The predicted octanol–water partition coefficient (Wildman–Crippen LogP) is 2.05. The fourth-order valence-electron chi connectivity index (χ4n) is 2.62. The zero-order valence-corrected chi connectivity index (χ0v) is 13.2. The van der Waals surface area contributed by atoms with Crippen molar-refractivity contribution in [1.29, 1.82) is 0 Å². The van der Waals surface area contributed by atoms with E-state index in [0.29, 0.717) is 5.75 Å². The second-order valence-corrected chi connectivity index (χ2v) is 5.40. The van der Waals surface area contributed by atoms with Crippen molar-refractivity contribution in [2.75, 3.05) is 12.4 Å². The van der Waals surface area contributed by atoms with Crippen LogP contribution in [0.3, 0.4) is 0 Å². The van der Waals surface area contributed by atoms with Crippen molar-refractivity contribution in [2.45, 2.75) is 18.2 Å². The molecule has 2 aromatic carbocycles. The number of anilines is 1. The Bertz CT molecular complexity index is 737. The van der Waals surface area contributed by atoms with E-state index in [1.54, 1.807) is 19.2 Å². The van der Waals surface area contributed by atoms with E-state index in [2.05, 4.69) is 16.6 Å². The molecule has 1 aliphatic heterocycles. The van der Waals surface area contributed by atoms with Crippen LogP contribution in [0.25, 0.3) is 0 Å². The molecule has 122 valence electrons. The van der Waals surface area contributed by atoms with Crippen LogP contribution in [0, 0.1) is 12.3 Å². The highest BCUT2D eigenvalue weighted by Crippen LogP contribution is 2.23. The van der Waals surface area contributed by atoms with E-state index >= 15 is 0 Å². The summed E-state index contributed by atoms with van der Waals surface area (Å²) in [6.45, 7) is 0. The molecule has 1 heterocycles. The van der Waals surface area contributed by atoms with Gasteiger partial charge in [0.15, 0.2) is 6.10 Å². The molecule has 0 aliphatic carbocycles. The smallest absolute Gasteiger partial charge is 0.264 e. The lowest BCUT2D eigenvalue weighted by Gasteiger charge is -2.23. The van der Waals surface area contributed by atoms with E-state index in [-0.39, 0.29) is 11.9 Å². The highest BCUT2D eigenvalue weighted by molar-refractivity contribution is 5.86. The van der Waals surface area contributed by atoms with Crippen LogP contribution in [-0.2, 0) is 4.79 Å². The number of hydrogen-bond acceptors (Lipinski definition) is 4. The Labute approximate surface area is 141 Å². The molecule has 1 fully saturated rings. The minimum absolute atomic E-state index is 0.229. The van der Waals surface area contributed by atoms with Crippen molar-refractivity contribution in [3.63, 3.8) is 0 Å². The SMILES string of the molecule is C#C[C@@H]1NC(=O)[C@H](Oc2ccccc2)[C@H]1Nc1ccc(OC)cc1. The van der Waals surface area contributed by atoms with Crippen LogP contribution in [-0.4, -0.2) is 31.2 Å². The topological polar surface area (TPSA) is 59.6 Å². The summed E-state index contributed by atoms with van der Waals surface area (Å²) < 4.78 is 11.0. The summed E-state index contributed by atoms with van der Waals surface area (Å²) >= 11 is 0. The van der Waals surface area contributed by atoms with Crippen molar-refractivity contribution in [1.82, 2.24) is 5.32 Å². The maximum absolute atomic E-state index is 12.3. The molecule has 24 heavy (non-hydrogen) atoms. The first-order valence-corrected chi connectivity index (χ1v) is 7.60. The lowest BCUT2D eigenvalue weighted by atomic mass is 10.1. The molecular formula is C19H18N2O3.